The van der Waals surface area contributed by atoms with E-state index in [0.717, 1.165) is 38.0 Å². The summed E-state index contributed by atoms with van der Waals surface area (Å²) in [5, 5.41) is 11.3. The summed E-state index contributed by atoms with van der Waals surface area (Å²) in [6.45, 7) is 9.81. The molecule has 7 heteroatoms. The standard InChI is InChI=1S/C19H33N5O2/c1-5-6-7-8-17-13-24(22-21-17)12-16-9-10-23(11-16)19(26)18(14(2)3)20-15(4)25/h13-14,16,18H,5-12H2,1-4H3,(H,20,25). The van der Waals surface area contributed by atoms with Gasteiger partial charge < -0.3 is 10.2 Å². The zero-order valence-electron chi connectivity index (χ0n) is 16.6. The van der Waals surface area contributed by atoms with E-state index in [2.05, 4.69) is 22.6 Å². The summed E-state index contributed by atoms with van der Waals surface area (Å²) >= 11 is 0. The molecule has 1 fully saturated rings. The first-order chi connectivity index (χ1) is 12.4. The molecular formula is C19H33N5O2. The molecule has 0 saturated carbocycles. The van der Waals surface area contributed by atoms with Crippen molar-refractivity contribution >= 4 is 11.8 Å². The topological polar surface area (TPSA) is 80.1 Å². The number of unbranched alkanes of at least 4 members (excludes halogenated alkanes) is 2. The zero-order chi connectivity index (χ0) is 19.1. The molecule has 7 nitrogen and oxygen atoms in total. The van der Waals surface area contributed by atoms with Crippen molar-refractivity contribution in [2.24, 2.45) is 11.8 Å². The molecule has 1 aromatic rings. The zero-order valence-corrected chi connectivity index (χ0v) is 16.6. The number of rotatable bonds is 9. The number of aromatic nitrogens is 3. The van der Waals surface area contributed by atoms with Crippen molar-refractivity contribution in [1.29, 1.82) is 0 Å². The number of carbonyl (C=O) groups is 2. The summed E-state index contributed by atoms with van der Waals surface area (Å²) in [5.41, 5.74) is 1.05. The van der Waals surface area contributed by atoms with Gasteiger partial charge in [-0.25, -0.2) is 0 Å². The molecule has 1 N–H and O–H groups in total. The molecule has 1 saturated heterocycles. The van der Waals surface area contributed by atoms with Gasteiger partial charge in [-0.2, -0.15) is 0 Å². The number of likely N-dealkylation sites (tertiary alicyclic amines) is 1. The average Bonchev–Trinajstić information content (AvgIpc) is 3.22. The number of amides is 2. The minimum absolute atomic E-state index is 0.0246. The number of nitrogens with zero attached hydrogens (tertiary/aromatic N) is 4. The smallest absolute Gasteiger partial charge is 0.245 e. The Labute approximate surface area is 156 Å². The minimum Gasteiger partial charge on any atom is -0.344 e. The van der Waals surface area contributed by atoms with Gasteiger partial charge in [-0.3, -0.25) is 14.3 Å². The van der Waals surface area contributed by atoms with E-state index in [1.807, 2.05) is 29.6 Å². The highest BCUT2D eigenvalue weighted by molar-refractivity contribution is 5.87. The third-order valence-electron chi connectivity index (χ3n) is 4.96. The largest absolute Gasteiger partial charge is 0.344 e. The molecule has 0 spiro atoms. The van der Waals surface area contributed by atoms with Gasteiger partial charge in [-0.05, 0) is 31.1 Å². The van der Waals surface area contributed by atoms with E-state index >= 15 is 0 Å². The second kappa shape index (κ2) is 9.69. The summed E-state index contributed by atoms with van der Waals surface area (Å²) in [6, 6.07) is -0.442. The Balaban J connectivity index is 1.85. The highest BCUT2D eigenvalue weighted by Crippen LogP contribution is 2.20. The fourth-order valence-corrected chi connectivity index (χ4v) is 3.47. The predicted octanol–water partition coefficient (Wildman–Crippen LogP) is 2.02. The summed E-state index contributed by atoms with van der Waals surface area (Å²) in [4.78, 5) is 26.0. The van der Waals surface area contributed by atoms with Crippen LogP contribution in [-0.2, 0) is 22.6 Å². The number of carbonyl (C=O) groups excluding carboxylic acids is 2. The van der Waals surface area contributed by atoms with Crippen LogP contribution < -0.4 is 5.32 Å². The Morgan fingerprint density at radius 2 is 2.12 bits per heavy atom. The van der Waals surface area contributed by atoms with Crippen LogP contribution in [0.2, 0.25) is 0 Å². The Morgan fingerprint density at radius 3 is 2.77 bits per heavy atom. The lowest BCUT2D eigenvalue weighted by atomic mass is 10.0. The molecule has 1 aromatic heterocycles. The molecule has 2 rings (SSSR count). The van der Waals surface area contributed by atoms with Crippen molar-refractivity contribution in [1.82, 2.24) is 25.2 Å². The van der Waals surface area contributed by atoms with E-state index in [9.17, 15) is 9.59 Å². The Kier molecular flexibility index (Phi) is 7.60. The Bertz CT molecular complexity index is 599. The third-order valence-corrected chi connectivity index (χ3v) is 4.96. The van der Waals surface area contributed by atoms with Gasteiger partial charge in [-0.15, -0.1) is 5.10 Å². The van der Waals surface area contributed by atoms with Crippen LogP contribution in [-0.4, -0.2) is 50.8 Å². The fourth-order valence-electron chi connectivity index (χ4n) is 3.47. The van der Waals surface area contributed by atoms with Gasteiger partial charge in [0.05, 0.1) is 5.69 Å². The molecule has 0 bridgehead atoms. The minimum atomic E-state index is -0.442. The maximum atomic E-state index is 12.7. The molecule has 0 aliphatic carbocycles. The average molecular weight is 364 g/mol. The van der Waals surface area contributed by atoms with E-state index in [1.54, 1.807) is 0 Å². The third kappa shape index (κ3) is 5.81. The number of aryl methyl sites for hydroxylation is 1. The van der Waals surface area contributed by atoms with E-state index in [4.69, 9.17) is 0 Å². The van der Waals surface area contributed by atoms with E-state index < -0.39 is 6.04 Å². The van der Waals surface area contributed by atoms with Crippen molar-refractivity contribution in [3.63, 3.8) is 0 Å². The molecule has 0 aromatic carbocycles. The summed E-state index contributed by atoms with van der Waals surface area (Å²) in [6.07, 6.45) is 7.56. The lowest BCUT2D eigenvalue weighted by molar-refractivity contribution is -0.136. The maximum absolute atomic E-state index is 12.7. The van der Waals surface area contributed by atoms with Crippen LogP contribution in [0.25, 0.3) is 0 Å². The molecular weight excluding hydrogens is 330 g/mol. The van der Waals surface area contributed by atoms with Crippen molar-refractivity contribution in [2.45, 2.75) is 72.4 Å². The molecule has 1 aliphatic heterocycles. The molecule has 26 heavy (non-hydrogen) atoms. The number of nitrogens with one attached hydrogen (secondary N) is 1. The lowest BCUT2D eigenvalue weighted by Crippen LogP contribution is -2.50. The van der Waals surface area contributed by atoms with Crippen molar-refractivity contribution in [3.8, 4) is 0 Å². The number of hydrogen-bond acceptors (Lipinski definition) is 4. The van der Waals surface area contributed by atoms with Gasteiger partial charge >= 0.3 is 0 Å². The fraction of sp³-hybridized carbons (Fsp3) is 0.789. The normalized spacial score (nSPS) is 18.3. The van der Waals surface area contributed by atoms with Gasteiger partial charge in [-0.1, -0.05) is 38.8 Å². The van der Waals surface area contributed by atoms with Gasteiger partial charge in [0.15, 0.2) is 0 Å². The number of hydrogen-bond donors (Lipinski definition) is 1. The Morgan fingerprint density at radius 1 is 1.35 bits per heavy atom. The molecule has 2 unspecified atom stereocenters. The summed E-state index contributed by atoms with van der Waals surface area (Å²) < 4.78 is 1.91. The first-order valence-corrected chi connectivity index (χ1v) is 9.85. The van der Waals surface area contributed by atoms with Crippen LogP contribution in [0.1, 0.15) is 59.1 Å². The van der Waals surface area contributed by atoms with Crippen LogP contribution in [0.3, 0.4) is 0 Å². The van der Waals surface area contributed by atoms with E-state index in [0.29, 0.717) is 12.5 Å². The van der Waals surface area contributed by atoms with Crippen LogP contribution in [0, 0.1) is 11.8 Å². The molecule has 2 atom stereocenters. The first-order valence-electron chi connectivity index (χ1n) is 9.85. The monoisotopic (exact) mass is 363 g/mol. The van der Waals surface area contributed by atoms with Crippen LogP contribution in [0.4, 0.5) is 0 Å². The molecule has 146 valence electrons. The molecule has 2 amide bonds. The van der Waals surface area contributed by atoms with Crippen molar-refractivity contribution < 1.29 is 9.59 Å². The first kappa shape index (κ1) is 20.4. The lowest BCUT2D eigenvalue weighted by Gasteiger charge is -2.26. The molecule has 1 aliphatic rings. The van der Waals surface area contributed by atoms with Crippen LogP contribution >= 0.6 is 0 Å². The second-order valence-electron chi connectivity index (χ2n) is 7.75. The van der Waals surface area contributed by atoms with Crippen molar-refractivity contribution in [3.05, 3.63) is 11.9 Å². The Hall–Kier alpha value is -1.92. The van der Waals surface area contributed by atoms with E-state index in [-0.39, 0.29) is 17.7 Å². The molecule has 2 heterocycles. The maximum Gasteiger partial charge on any atom is 0.245 e. The SMILES string of the molecule is CCCCCc1cn(CC2CCN(C(=O)C(NC(C)=O)C(C)C)C2)nn1. The summed E-state index contributed by atoms with van der Waals surface area (Å²) in [5.74, 6) is 0.322. The predicted molar refractivity (Wildman–Crippen MR) is 100 cm³/mol. The summed E-state index contributed by atoms with van der Waals surface area (Å²) in [7, 11) is 0. The molecule has 0 radical (unpaired) electrons. The van der Waals surface area contributed by atoms with Gasteiger partial charge in [0.1, 0.15) is 6.04 Å². The second-order valence-corrected chi connectivity index (χ2v) is 7.75. The van der Waals surface area contributed by atoms with Crippen LogP contribution in [0.5, 0.6) is 0 Å². The van der Waals surface area contributed by atoms with Gasteiger partial charge in [0, 0.05) is 32.8 Å². The highest BCUT2D eigenvalue weighted by atomic mass is 16.2. The van der Waals surface area contributed by atoms with Crippen LogP contribution in [0.15, 0.2) is 6.20 Å². The van der Waals surface area contributed by atoms with Gasteiger partial charge in [0.25, 0.3) is 0 Å². The quantitative estimate of drug-likeness (QED) is 0.681. The van der Waals surface area contributed by atoms with Crippen molar-refractivity contribution in [2.75, 3.05) is 13.1 Å². The highest BCUT2D eigenvalue weighted by Gasteiger charge is 2.33. The van der Waals surface area contributed by atoms with E-state index in [1.165, 1.54) is 19.8 Å². The van der Waals surface area contributed by atoms with Gasteiger partial charge in [0.2, 0.25) is 11.8 Å².